The van der Waals surface area contributed by atoms with Crippen LogP contribution in [0.5, 0.6) is 5.75 Å². The molecule has 0 bridgehead atoms. The molecule has 0 saturated heterocycles. The van der Waals surface area contributed by atoms with Crippen molar-refractivity contribution in [2.45, 2.75) is 25.7 Å². The first-order chi connectivity index (χ1) is 7.81. The molecule has 86 valence electrons. The molecule has 0 atom stereocenters. The van der Waals surface area contributed by atoms with E-state index in [2.05, 4.69) is 0 Å². The number of aryl methyl sites for hydroxylation is 1. The summed E-state index contributed by atoms with van der Waals surface area (Å²) in [5.74, 6) is 0.596. The first-order valence-corrected chi connectivity index (χ1v) is 5.65. The van der Waals surface area contributed by atoms with Gasteiger partial charge in [-0.3, -0.25) is 0 Å². The lowest BCUT2D eigenvalue weighted by Gasteiger charge is -2.11. The summed E-state index contributed by atoms with van der Waals surface area (Å²) < 4.78 is 19.0. The molecule has 0 unspecified atom stereocenters. The highest BCUT2D eigenvalue weighted by atomic mass is 19.1. The summed E-state index contributed by atoms with van der Waals surface area (Å²) >= 11 is 0. The number of aldehydes is 1. The van der Waals surface area contributed by atoms with Crippen molar-refractivity contribution in [3.8, 4) is 5.75 Å². The molecule has 1 aromatic carbocycles. The Labute approximate surface area is 94.4 Å². The SMILES string of the molecule is O=CCCc1cccc(F)c1OCC1CC1. The molecule has 0 heterocycles. The minimum absolute atomic E-state index is 0.330. The standard InChI is InChI=1S/C13H15FO2/c14-12-5-1-3-11(4-2-8-15)13(12)16-9-10-6-7-10/h1,3,5,8,10H,2,4,6-7,9H2. The number of hydrogen-bond donors (Lipinski definition) is 0. The van der Waals surface area contributed by atoms with Crippen molar-refractivity contribution in [2.24, 2.45) is 5.92 Å². The Morgan fingerprint density at radius 2 is 2.25 bits per heavy atom. The molecule has 2 rings (SSSR count). The van der Waals surface area contributed by atoms with Crippen molar-refractivity contribution in [3.05, 3.63) is 29.6 Å². The minimum Gasteiger partial charge on any atom is -0.490 e. The summed E-state index contributed by atoms with van der Waals surface area (Å²) in [6.45, 7) is 0.592. The third kappa shape index (κ3) is 2.81. The van der Waals surface area contributed by atoms with Crippen LogP contribution in [0, 0.1) is 11.7 Å². The summed E-state index contributed by atoms with van der Waals surface area (Å²) in [4.78, 5) is 10.3. The van der Waals surface area contributed by atoms with Crippen molar-refractivity contribution in [1.29, 1.82) is 0 Å². The number of carbonyl (C=O) groups is 1. The van der Waals surface area contributed by atoms with Crippen molar-refractivity contribution in [1.82, 2.24) is 0 Å². The van der Waals surface area contributed by atoms with Crippen LogP contribution in [0.15, 0.2) is 18.2 Å². The monoisotopic (exact) mass is 222 g/mol. The second-order valence-electron chi connectivity index (χ2n) is 4.19. The molecule has 1 aliphatic carbocycles. The van der Waals surface area contributed by atoms with Gasteiger partial charge < -0.3 is 9.53 Å². The summed E-state index contributed by atoms with van der Waals surface area (Å²) in [7, 11) is 0. The van der Waals surface area contributed by atoms with Crippen LogP contribution < -0.4 is 4.74 Å². The molecule has 0 radical (unpaired) electrons. The Hall–Kier alpha value is -1.38. The van der Waals surface area contributed by atoms with E-state index in [1.807, 2.05) is 6.07 Å². The highest BCUT2D eigenvalue weighted by Crippen LogP contribution is 2.31. The second kappa shape index (κ2) is 5.10. The predicted molar refractivity (Wildman–Crippen MR) is 59.0 cm³/mol. The summed E-state index contributed by atoms with van der Waals surface area (Å²) in [6.07, 6.45) is 4.15. The van der Waals surface area contributed by atoms with E-state index in [4.69, 9.17) is 4.74 Å². The van der Waals surface area contributed by atoms with Gasteiger partial charge in [0.15, 0.2) is 11.6 Å². The maximum atomic E-state index is 13.5. The van der Waals surface area contributed by atoms with Crippen LogP contribution in [-0.4, -0.2) is 12.9 Å². The van der Waals surface area contributed by atoms with Gasteiger partial charge in [0.2, 0.25) is 0 Å². The Kier molecular flexibility index (Phi) is 3.54. The molecule has 2 nitrogen and oxygen atoms in total. The number of carbonyl (C=O) groups excluding carboxylic acids is 1. The fraction of sp³-hybridized carbons (Fsp3) is 0.462. The van der Waals surface area contributed by atoms with Crippen molar-refractivity contribution in [2.75, 3.05) is 6.61 Å². The first-order valence-electron chi connectivity index (χ1n) is 5.65. The quantitative estimate of drug-likeness (QED) is 0.692. The van der Waals surface area contributed by atoms with E-state index in [0.29, 0.717) is 31.1 Å². The lowest BCUT2D eigenvalue weighted by molar-refractivity contribution is -0.107. The zero-order valence-electron chi connectivity index (χ0n) is 9.12. The van der Waals surface area contributed by atoms with Gasteiger partial charge in [-0.05, 0) is 36.8 Å². The minimum atomic E-state index is -0.330. The van der Waals surface area contributed by atoms with Crippen LogP contribution in [0.4, 0.5) is 4.39 Å². The zero-order chi connectivity index (χ0) is 11.4. The smallest absolute Gasteiger partial charge is 0.165 e. The average Bonchev–Trinajstić information content (AvgIpc) is 3.09. The molecule has 1 fully saturated rings. The Bertz CT molecular complexity index is 372. The average molecular weight is 222 g/mol. The molecule has 0 aromatic heterocycles. The van der Waals surface area contributed by atoms with E-state index in [1.165, 1.54) is 18.9 Å². The molecule has 0 amide bonds. The third-order valence-corrected chi connectivity index (χ3v) is 2.74. The van der Waals surface area contributed by atoms with Gasteiger partial charge in [-0.1, -0.05) is 12.1 Å². The van der Waals surface area contributed by atoms with Crippen LogP contribution in [-0.2, 0) is 11.2 Å². The van der Waals surface area contributed by atoms with Crippen LogP contribution in [0.25, 0.3) is 0 Å². The van der Waals surface area contributed by atoms with E-state index in [0.717, 1.165) is 11.8 Å². The van der Waals surface area contributed by atoms with Gasteiger partial charge in [-0.25, -0.2) is 4.39 Å². The second-order valence-corrected chi connectivity index (χ2v) is 4.19. The maximum Gasteiger partial charge on any atom is 0.165 e. The van der Waals surface area contributed by atoms with Gasteiger partial charge in [-0.15, -0.1) is 0 Å². The zero-order valence-corrected chi connectivity index (χ0v) is 9.12. The van der Waals surface area contributed by atoms with Gasteiger partial charge >= 0.3 is 0 Å². The normalized spacial score (nSPS) is 14.8. The molecular weight excluding hydrogens is 207 g/mol. The highest BCUT2D eigenvalue weighted by molar-refractivity contribution is 5.51. The van der Waals surface area contributed by atoms with Crippen LogP contribution >= 0.6 is 0 Å². The van der Waals surface area contributed by atoms with E-state index in [-0.39, 0.29) is 5.82 Å². The molecular formula is C13H15FO2. The largest absolute Gasteiger partial charge is 0.490 e. The van der Waals surface area contributed by atoms with E-state index < -0.39 is 0 Å². The summed E-state index contributed by atoms with van der Waals surface area (Å²) in [6, 6.07) is 4.86. The summed E-state index contributed by atoms with van der Waals surface area (Å²) in [5, 5.41) is 0. The fourth-order valence-corrected chi connectivity index (χ4v) is 1.61. The maximum absolute atomic E-state index is 13.5. The lowest BCUT2D eigenvalue weighted by Crippen LogP contribution is -2.04. The number of ether oxygens (including phenoxy) is 1. The van der Waals surface area contributed by atoms with Gasteiger partial charge in [0.1, 0.15) is 6.29 Å². The number of halogens is 1. The summed E-state index contributed by atoms with van der Waals surface area (Å²) in [5.41, 5.74) is 0.785. The van der Waals surface area contributed by atoms with Crippen LogP contribution in [0.2, 0.25) is 0 Å². The lowest BCUT2D eigenvalue weighted by atomic mass is 10.1. The Morgan fingerprint density at radius 1 is 1.44 bits per heavy atom. The Balaban J connectivity index is 2.07. The molecule has 0 spiro atoms. The topological polar surface area (TPSA) is 26.3 Å². The van der Waals surface area contributed by atoms with Crippen molar-refractivity contribution in [3.63, 3.8) is 0 Å². The Morgan fingerprint density at radius 3 is 2.94 bits per heavy atom. The van der Waals surface area contributed by atoms with Crippen LogP contribution in [0.3, 0.4) is 0 Å². The van der Waals surface area contributed by atoms with Gasteiger partial charge in [0.05, 0.1) is 6.61 Å². The molecule has 0 aliphatic heterocycles. The van der Waals surface area contributed by atoms with Gasteiger partial charge in [0, 0.05) is 6.42 Å². The van der Waals surface area contributed by atoms with E-state index in [9.17, 15) is 9.18 Å². The number of rotatable bonds is 6. The highest BCUT2D eigenvalue weighted by Gasteiger charge is 2.23. The van der Waals surface area contributed by atoms with Crippen LogP contribution in [0.1, 0.15) is 24.8 Å². The van der Waals surface area contributed by atoms with E-state index >= 15 is 0 Å². The number of hydrogen-bond acceptors (Lipinski definition) is 2. The number of para-hydroxylation sites is 1. The van der Waals surface area contributed by atoms with Crippen molar-refractivity contribution >= 4 is 6.29 Å². The number of benzene rings is 1. The predicted octanol–water partition coefficient (Wildman–Crippen LogP) is 2.75. The third-order valence-electron chi connectivity index (χ3n) is 2.74. The van der Waals surface area contributed by atoms with Gasteiger partial charge in [-0.2, -0.15) is 0 Å². The van der Waals surface area contributed by atoms with E-state index in [1.54, 1.807) is 6.07 Å². The molecule has 0 N–H and O–H groups in total. The molecule has 3 heteroatoms. The molecule has 1 aromatic rings. The van der Waals surface area contributed by atoms with Crippen molar-refractivity contribution < 1.29 is 13.9 Å². The van der Waals surface area contributed by atoms with Gasteiger partial charge in [0.25, 0.3) is 0 Å². The molecule has 1 saturated carbocycles. The molecule has 1 aliphatic rings. The molecule has 16 heavy (non-hydrogen) atoms. The first kappa shape index (κ1) is 11.1. The fourth-order valence-electron chi connectivity index (χ4n) is 1.61.